The highest BCUT2D eigenvalue weighted by atomic mass is 16.6. The maximum Gasteiger partial charge on any atom is 0.412 e. The van der Waals surface area contributed by atoms with Gasteiger partial charge in [-0.2, -0.15) is 0 Å². The maximum atomic E-state index is 11.8. The number of hydrogen-bond acceptors (Lipinski definition) is 4. The Bertz CT molecular complexity index is 543. The molecule has 1 saturated carbocycles. The minimum Gasteiger partial charge on any atom is -0.444 e. The van der Waals surface area contributed by atoms with E-state index in [4.69, 9.17) is 10.5 Å². The Balaban J connectivity index is 2.08. The molecule has 5 nitrogen and oxygen atoms in total. The molecule has 0 aromatic heterocycles. The second-order valence-electron chi connectivity index (χ2n) is 6.87. The molecule has 0 saturated heterocycles. The predicted octanol–water partition coefficient (Wildman–Crippen LogP) is 2.65. The minimum atomic E-state index is -0.526. The Morgan fingerprint density at radius 1 is 1.43 bits per heavy atom. The van der Waals surface area contributed by atoms with E-state index >= 15 is 0 Å². The summed E-state index contributed by atoms with van der Waals surface area (Å²) < 4.78 is 5.23. The number of rotatable bonds is 2. The molecule has 4 N–H and O–H groups in total. The highest BCUT2D eigenvalue weighted by molar-refractivity contribution is 5.86. The van der Waals surface area contributed by atoms with Gasteiger partial charge in [0.25, 0.3) is 0 Å². The molecule has 0 unspecified atom stereocenters. The lowest BCUT2D eigenvalue weighted by Crippen LogP contribution is -2.51. The molecule has 1 amide bonds. The van der Waals surface area contributed by atoms with Gasteiger partial charge >= 0.3 is 6.09 Å². The second-order valence-corrected chi connectivity index (χ2v) is 6.87. The van der Waals surface area contributed by atoms with Crippen LogP contribution in [0.3, 0.4) is 0 Å². The molecule has 1 aromatic carbocycles. The number of hydrogen-bond donors (Lipinski definition) is 3. The van der Waals surface area contributed by atoms with Gasteiger partial charge in [-0.25, -0.2) is 4.79 Å². The van der Waals surface area contributed by atoms with E-state index in [0.29, 0.717) is 18.5 Å². The molecule has 1 aromatic rings. The first-order valence-electron chi connectivity index (χ1n) is 7.17. The molecule has 1 fully saturated rings. The lowest BCUT2D eigenvalue weighted by atomic mass is 9.70. The summed E-state index contributed by atoms with van der Waals surface area (Å²) in [7, 11) is 0. The first kappa shape index (κ1) is 15.8. The van der Waals surface area contributed by atoms with Crippen molar-refractivity contribution in [3.8, 4) is 0 Å². The van der Waals surface area contributed by atoms with Gasteiger partial charge < -0.3 is 15.6 Å². The Kier molecular flexibility index (Phi) is 4.00. The van der Waals surface area contributed by atoms with Crippen LogP contribution in [0.4, 0.5) is 10.5 Å². The van der Waals surface area contributed by atoms with Crippen LogP contribution < -0.4 is 11.1 Å². The average molecular weight is 292 g/mol. The van der Waals surface area contributed by atoms with E-state index in [1.807, 2.05) is 45.9 Å². The van der Waals surface area contributed by atoms with Crippen molar-refractivity contribution in [2.45, 2.75) is 57.8 Å². The SMILES string of the molecule is Cc1cc(C2(N)CC(O)C2)ccc1NC(=O)OC(C)(C)C. The van der Waals surface area contributed by atoms with E-state index in [0.717, 1.165) is 11.1 Å². The summed E-state index contributed by atoms with van der Waals surface area (Å²) in [6, 6.07) is 5.68. The number of carbonyl (C=O) groups is 1. The van der Waals surface area contributed by atoms with E-state index in [1.165, 1.54) is 0 Å². The normalized spacial score (nSPS) is 25.1. The average Bonchev–Trinajstić information content (AvgIpc) is 2.27. The van der Waals surface area contributed by atoms with Gasteiger partial charge in [0, 0.05) is 11.2 Å². The molecule has 0 bridgehead atoms. The quantitative estimate of drug-likeness (QED) is 0.782. The van der Waals surface area contributed by atoms with E-state index in [-0.39, 0.29) is 6.10 Å². The van der Waals surface area contributed by atoms with Crippen LogP contribution in [0.1, 0.15) is 44.7 Å². The summed E-state index contributed by atoms with van der Waals surface area (Å²) in [5.41, 5.74) is 7.88. The number of nitrogens with one attached hydrogen (secondary N) is 1. The molecular weight excluding hydrogens is 268 g/mol. The number of aliphatic hydroxyl groups is 1. The van der Waals surface area contributed by atoms with E-state index in [2.05, 4.69) is 5.32 Å². The minimum absolute atomic E-state index is 0.310. The highest BCUT2D eigenvalue weighted by Crippen LogP contribution is 2.39. The topological polar surface area (TPSA) is 84.6 Å². The maximum absolute atomic E-state index is 11.8. The van der Waals surface area contributed by atoms with Crippen LogP contribution in [0, 0.1) is 6.92 Å². The van der Waals surface area contributed by atoms with Gasteiger partial charge in [-0.1, -0.05) is 12.1 Å². The lowest BCUT2D eigenvalue weighted by molar-refractivity contribution is 0.0209. The fraction of sp³-hybridized carbons (Fsp3) is 0.562. The van der Waals surface area contributed by atoms with Crippen LogP contribution in [0.15, 0.2) is 18.2 Å². The van der Waals surface area contributed by atoms with E-state index in [9.17, 15) is 9.90 Å². The van der Waals surface area contributed by atoms with Gasteiger partial charge in [0.05, 0.1) is 6.10 Å². The molecule has 1 aliphatic rings. The van der Waals surface area contributed by atoms with Gasteiger partial charge in [0.2, 0.25) is 0 Å². The van der Waals surface area contributed by atoms with Gasteiger partial charge in [-0.15, -0.1) is 0 Å². The highest BCUT2D eigenvalue weighted by Gasteiger charge is 2.41. The van der Waals surface area contributed by atoms with Crippen LogP contribution in [0.2, 0.25) is 0 Å². The molecule has 0 radical (unpaired) electrons. The second kappa shape index (κ2) is 5.31. The first-order chi connectivity index (χ1) is 9.59. The number of nitrogens with two attached hydrogens (primary N) is 1. The van der Waals surface area contributed by atoms with Crippen molar-refractivity contribution in [1.29, 1.82) is 0 Å². The number of aryl methyl sites for hydroxylation is 1. The number of ether oxygens (including phenoxy) is 1. The van der Waals surface area contributed by atoms with Crippen LogP contribution >= 0.6 is 0 Å². The summed E-state index contributed by atoms with van der Waals surface area (Å²) in [5, 5.41) is 12.2. The first-order valence-corrected chi connectivity index (χ1v) is 7.17. The number of amides is 1. The number of aliphatic hydroxyl groups excluding tert-OH is 1. The standard InChI is InChI=1S/C16H24N2O3/c1-10-7-11(16(17)8-12(19)9-16)5-6-13(10)18-14(20)21-15(2,3)4/h5-7,12,19H,8-9,17H2,1-4H3,(H,18,20). The fourth-order valence-electron chi connectivity index (χ4n) is 2.54. The molecule has 5 heteroatoms. The number of carbonyl (C=O) groups excluding carboxylic acids is 1. The summed E-state index contributed by atoms with van der Waals surface area (Å²) in [6.07, 6.45) is 0.367. The number of benzene rings is 1. The molecule has 0 atom stereocenters. The third kappa shape index (κ3) is 3.74. The van der Waals surface area contributed by atoms with Crippen LogP contribution in [-0.2, 0) is 10.3 Å². The molecule has 0 aliphatic heterocycles. The van der Waals surface area contributed by atoms with Gasteiger partial charge in [0.1, 0.15) is 5.60 Å². The Morgan fingerprint density at radius 2 is 2.05 bits per heavy atom. The van der Waals surface area contributed by atoms with Crippen molar-refractivity contribution >= 4 is 11.8 Å². The molecule has 1 aliphatic carbocycles. The molecule has 2 rings (SSSR count). The van der Waals surface area contributed by atoms with Crippen molar-refractivity contribution in [3.05, 3.63) is 29.3 Å². The Hall–Kier alpha value is -1.59. The molecule has 0 heterocycles. The van der Waals surface area contributed by atoms with E-state index < -0.39 is 17.2 Å². The zero-order chi connectivity index (χ0) is 15.8. The predicted molar refractivity (Wildman–Crippen MR) is 82.1 cm³/mol. The Labute approximate surface area is 125 Å². The smallest absolute Gasteiger partial charge is 0.412 e. The summed E-state index contributed by atoms with van der Waals surface area (Å²) in [4.78, 5) is 11.8. The Morgan fingerprint density at radius 3 is 2.52 bits per heavy atom. The van der Waals surface area contributed by atoms with Gasteiger partial charge in [0.15, 0.2) is 0 Å². The zero-order valence-electron chi connectivity index (χ0n) is 13.1. The lowest BCUT2D eigenvalue weighted by Gasteiger charge is -2.43. The summed E-state index contributed by atoms with van der Waals surface area (Å²) in [5.74, 6) is 0. The van der Waals surface area contributed by atoms with Crippen molar-refractivity contribution in [2.75, 3.05) is 5.32 Å². The van der Waals surface area contributed by atoms with Crippen molar-refractivity contribution in [3.63, 3.8) is 0 Å². The summed E-state index contributed by atoms with van der Waals surface area (Å²) >= 11 is 0. The summed E-state index contributed by atoms with van der Waals surface area (Å²) in [6.45, 7) is 7.38. The van der Waals surface area contributed by atoms with Crippen LogP contribution in [-0.4, -0.2) is 22.9 Å². The van der Waals surface area contributed by atoms with Gasteiger partial charge in [-0.3, -0.25) is 5.32 Å². The van der Waals surface area contributed by atoms with Crippen molar-refractivity contribution in [2.24, 2.45) is 5.73 Å². The fourth-order valence-corrected chi connectivity index (χ4v) is 2.54. The molecule has 0 spiro atoms. The van der Waals surface area contributed by atoms with Gasteiger partial charge in [-0.05, 0) is 57.7 Å². The molecule has 116 valence electrons. The van der Waals surface area contributed by atoms with Crippen LogP contribution in [0.25, 0.3) is 0 Å². The third-order valence-electron chi connectivity index (χ3n) is 3.64. The van der Waals surface area contributed by atoms with E-state index in [1.54, 1.807) is 0 Å². The van der Waals surface area contributed by atoms with Crippen molar-refractivity contribution < 1.29 is 14.6 Å². The van der Waals surface area contributed by atoms with Crippen LogP contribution in [0.5, 0.6) is 0 Å². The van der Waals surface area contributed by atoms with Crippen molar-refractivity contribution in [1.82, 2.24) is 0 Å². The number of anilines is 1. The monoisotopic (exact) mass is 292 g/mol. The largest absolute Gasteiger partial charge is 0.444 e. The molecule has 21 heavy (non-hydrogen) atoms. The third-order valence-corrected chi connectivity index (χ3v) is 3.64. The zero-order valence-corrected chi connectivity index (χ0v) is 13.1. The molecular formula is C16H24N2O3.